The molecular weight excluding hydrogens is 472 g/mol. The molecule has 1 saturated heterocycles. The summed E-state index contributed by atoms with van der Waals surface area (Å²) in [6.45, 7) is 9.59. The van der Waals surface area contributed by atoms with E-state index in [0.29, 0.717) is 41.4 Å². The molecule has 11 heteroatoms. The first-order chi connectivity index (χ1) is 16.2. The maximum atomic E-state index is 13.5. The van der Waals surface area contributed by atoms with Crippen molar-refractivity contribution < 1.29 is 13.2 Å². The van der Waals surface area contributed by atoms with E-state index in [4.69, 9.17) is 27.0 Å². The van der Waals surface area contributed by atoms with Crippen molar-refractivity contribution in [2.45, 2.75) is 64.1 Å². The maximum absolute atomic E-state index is 13.5. The zero-order valence-electron chi connectivity index (χ0n) is 20.3. The number of aromatic amines is 1. The van der Waals surface area contributed by atoms with Gasteiger partial charge >= 0.3 is 0 Å². The van der Waals surface area contributed by atoms with Crippen molar-refractivity contribution in [2.75, 3.05) is 20.2 Å². The smallest absolute Gasteiger partial charge is 0.243 e. The van der Waals surface area contributed by atoms with Gasteiger partial charge in [0, 0.05) is 31.7 Å². The van der Waals surface area contributed by atoms with Gasteiger partial charge in [0.25, 0.3) is 0 Å². The topological polar surface area (TPSA) is 105 Å². The number of benzene rings is 1. The van der Waals surface area contributed by atoms with Crippen LogP contribution in [-0.2, 0) is 23.0 Å². The third-order valence-corrected chi connectivity index (χ3v) is 8.17. The fraction of sp³-hybridized carbons (Fsp3) is 0.522. The minimum Gasteiger partial charge on any atom is -0.496 e. The van der Waals surface area contributed by atoms with E-state index in [-0.39, 0.29) is 17.0 Å². The van der Waals surface area contributed by atoms with Gasteiger partial charge in [-0.15, -0.1) is 0 Å². The molecule has 2 unspecified atom stereocenters. The zero-order chi connectivity index (χ0) is 24.6. The summed E-state index contributed by atoms with van der Waals surface area (Å²) < 4.78 is 36.5. The summed E-state index contributed by atoms with van der Waals surface area (Å²) >= 11 is 5.68. The van der Waals surface area contributed by atoms with E-state index in [1.165, 1.54) is 4.31 Å². The van der Waals surface area contributed by atoms with E-state index in [1.807, 2.05) is 25.5 Å². The van der Waals surface area contributed by atoms with Crippen LogP contribution >= 0.6 is 12.2 Å². The molecule has 2 atom stereocenters. The third kappa shape index (κ3) is 4.49. The van der Waals surface area contributed by atoms with E-state index < -0.39 is 10.0 Å². The quantitative estimate of drug-likeness (QED) is 0.475. The Kier molecular flexibility index (Phi) is 7.09. The second kappa shape index (κ2) is 9.73. The highest BCUT2D eigenvalue weighted by atomic mass is 32.2. The lowest BCUT2D eigenvalue weighted by Gasteiger charge is -2.35. The number of sulfonamides is 1. The Bertz CT molecular complexity index is 1360. The van der Waals surface area contributed by atoms with Crippen LogP contribution in [0.3, 0.4) is 0 Å². The number of rotatable bonds is 7. The molecule has 4 rings (SSSR count). The number of ether oxygens (including phenoxy) is 1. The van der Waals surface area contributed by atoms with Gasteiger partial charge < -0.3 is 15.0 Å². The summed E-state index contributed by atoms with van der Waals surface area (Å²) in [7, 11) is -2.15. The van der Waals surface area contributed by atoms with Crippen LogP contribution < -0.4 is 10.1 Å². The van der Waals surface area contributed by atoms with Crippen molar-refractivity contribution in [1.82, 2.24) is 29.4 Å². The van der Waals surface area contributed by atoms with Gasteiger partial charge in [-0.1, -0.05) is 25.6 Å². The Morgan fingerprint density at radius 2 is 1.91 bits per heavy atom. The minimum atomic E-state index is -3.70. The molecule has 184 valence electrons. The van der Waals surface area contributed by atoms with Crippen molar-refractivity contribution in [3.63, 3.8) is 0 Å². The Balaban J connectivity index is 1.86. The highest BCUT2D eigenvalue weighted by molar-refractivity contribution is 7.89. The minimum absolute atomic E-state index is 0.0727. The first kappa shape index (κ1) is 24.8. The van der Waals surface area contributed by atoms with Crippen LogP contribution in [0.2, 0.25) is 0 Å². The summed E-state index contributed by atoms with van der Waals surface area (Å²) in [5, 5.41) is 8.07. The van der Waals surface area contributed by atoms with Gasteiger partial charge in [0.05, 0.1) is 23.3 Å². The molecule has 34 heavy (non-hydrogen) atoms. The molecule has 0 spiro atoms. The molecule has 0 radical (unpaired) electrons. The van der Waals surface area contributed by atoms with E-state index in [1.54, 1.807) is 25.3 Å². The van der Waals surface area contributed by atoms with Crippen LogP contribution in [0.25, 0.3) is 22.4 Å². The van der Waals surface area contributed by atoms with Crippen LogP contribution in [0, 0.1) is 4.64 Å². The van der Waals surface area contributed by atoms with Crippen LogP contribution in [0.5, 0.6) is 5.75 Å². The van der Waals surface area contributed by atoms with Crippen molar-refractivity contribution in [2.24, 2.45) is 0 Å². The van der Waals surface area contributed by atoms with Crippen LogP contribution in [0.15, 0.2) is 23.1 Å². The number of hydrogen-bond acceptors (Lipinski definition) is 7. The Morgan fingerprint density at radius 3 is 2.53 bits per heavy atom. The second-order valence-corrected chi connectivity index (χ2v) is 11.1. The van der Waals surface area contributed by atoms with E-state index in [0.717, 1.165) is 29.6 Å². The number of aromatic nitrogens is 4. The van der Waals surface area contributed by atoms with Crippen LogP contribution in [-0.4, -0.2) is 64.8 Å². The number of fused-ring (bicyclic) bond motifs is 1. The predicted octanol–water partition coefficient (Wildman–Crippen LogP) is 3.51. The van der Waals surface area contributed by atoms with E-state index in [9.17, 15) is 8.42 Å². The average Bonchev–Trinajstić information content (AvgIpc) is 3.16. The van der Waals surface area contributed by atoms with Crippen molar-refractivity contribution in [1.29, 1.82) is 0 Å². The molecule has 0 amide bonds. The first-order valence-corrected chi connectivity index (χ1v) is 13.5. The normalized spacial score (nSPS) is 19.6. The van der Waals surface area contributed by atoms with Crippen LogP contribution in [0.4, 0.5) is 0 Å². The predicted molar refractivity (Wildman–Crippen MR) is 135 cm³/mol. The SMILES string of the molecule is CCCc1nn(CC)c2c(=S)[nH]c(-c3cc(S(=O)(=O)N4CC(C)NC(C)C4)ccc3OC)nc12. The summed E-state index contributed by atoms with van der Waals surface area (Å²) in [6, 6.07) is 5.02. The molecule has 2 aromatic heterocycles. The van der Waals surface area contributed by atoms with Crippen molar-refractivity contribution in [3.8, 4) is 17.1 Å². The zero-order valence-corrected chi connectivity index (χ0v) is 21.9. The first-order valence-electron chi connectivity index (χ1n) is 11.6. The highest BCUT2D eigenvalue weighted by Gasteiger charge is 2.32. The van der Waals surface area contributed by atoms with Gasteiger partial charge in [-0.2, -0.15) is 9.40 Å². The number of nitrogens with zero attached hydrogens (tertiary/aromatic N) is 4. The lowest BCUT2D eigenvalue weighted by molar-refractivity contribution is 0.263. The Morgan fingerprint density at radius 1 is 1.21 bits per heavy atom. The molecular formula is C23H32N6O3S2. The molecule has 1 aliphatic heterocycles. The Labute approximate surface area is 205 Å². The lowest BCUT2D eigenvalue weighted by Crippen LogP contribution is -2.55. The molecule has 9 nitrogen and oxygen atoms in total. The molecule has 0 saturated carbocycles. The number of aryl methyl sites for hydroxylation is 2. The number of methoxy groups -OCH3 is 1. The summed E-state index contributed by atoms with van der Waals surface area (Å²) in [4.78, 5) is 8.24. The maximum Gasteiger partial charge on any atom is 0.243 e. The highest BCUT2D eigenvalue weighted by Crippen LogP contribution is 2.33. The molecule has 1 fully saturated rings. The fourth-order valence-corrected chi connectivity index (χ4v) is 6.51. The Hall–Kier alpha value is -2.34. The monoisotopic (exact) mass is 504 g/mol. The van der Waals surface area contributed by atoms with Crippen LogP contribution in [0.1, 0.15) is 39.8 Å². The largest absolute Gasteiger partial charge is 0.496 e. The third-order valence-electron chi connectivity index (χ3n) is 6.04. The standard InChI is InChI=1S/C23H32N6O3S2/c1-6-8-18-20-21(29(7-2)27-18)23(33)26-22(25-20)17-11-16(9-10-19(17)32-5)34(30,31)28-12-14(3)24-15(4)13-28/h9-11,14-15,24H,6-8,12-13H2,1-5H3,(H,25,26,33). The number of H-pyrrole nitrogens is 1. The lowest BCUT2D eigenvalue weighted by atomic mass is 10.1. The number of hydrogen-bond donors (Lipinski definition) is 2. The average molecular weight is 505 g/mol. The van der Waals surface area contributed by atoms with Gasteiger partial charge in [0.1, 0.15) is 27.2 Å². The fourth-order valence-electron chi connectivity index (χ4n) is 4.57. The molecule has 0 aliphatic carbocycles. The van der Waals surface area contributed by atoms with Crippen molar-refractivity contribution >= 4 is 33.3 Å². The molecule has 1 aliphatic rings. The summed E-state index contributed by atoms with van der Waals surface area (Å²) in [5.74, 6) is 0.972. The molecule has 2 N–H and O–H groups in total. The van der Waals surface area contributed by atoms with Gasteiger partial charge in [-0.3, -0.25) is 4.68 Å². The van der Waals surface area contributed by atoms with Gasteiger partial charge in [0.2, 0.25) is 10.0 Å². The van der Waals surface area contributed by atoms with Gasteiger partial charge in [0.15, 0.2) is 0 Å². The van der Waals surface area contributed by atoms with Gasteiger partial charge in [-0.05, 0) is 45.4 Å². The number of nitrogens with one attached hydrogen (secondary N) is 2. The van der Waals surface area contributed by atoms with E-state index in [2.05, 4.69) is 17.2 Å². The summed E-state index contributed by atoms with van der Waals surface area (Å²) in [5.41, 5.74) is 2.95. The molecule has 3 heterocycles. The molecule has 1 aromatic carbocycles. The van der Waals surface area contributed by atoms with Gasteiger partial charge in [-0.25, -0.2) is 13.4 Å². The van der Waals surface area contributed by atoms with E-state index >= 15 is 0 Å². The molecule has 3 aromatic rings. The molecule has 0 bridgehead atoms. The summed E-state index contributed by atoms with van der Waals surface area (Å²) in [6.07, 6.45) is 1.70. The van der Waals surface area contributed by atoms with Crippen molar-refractivity contribution in [3.05, 3.63) is 28.5 Å². The second-order valence-electron chi connectivity index (χ2n) is 8.78. The number of piperazine rings is 1.